The van der Waals surface area contributed by atoms with Crippen molar-refractivity contribution in [1.29, 1.82) is 0 Å². The fourth-order valence-corrected chi connectivity index (χ4v) is 2.51. The van der Waals surface area contributed by atoms with Gasteiger partial charge in [-0.1, -0.05) is 12.1 Å². The summed E-state index contributed by atoms with van der Waals surface area (Å²) in [6, 6.07) is 8.34. The van der Waals surface area contributed by atoms with Crippen LogP contribution < -0.4 is 0 Å². The first kappa shape index (κ1) is 11.7. The second-order valence-electron chi connectivity index (χ2n) is 5.07. The Balaban J connectivity index is 1.63. The molecule has 1 aromatic heterocycles. The minimum absolute atomic E-state index is 1.03. The molecule has 1 aromatic carbocycles. The predicted octanol–water partition coefficient (Wildman–Crippen LogP) is 1.28. The standard InChI is InChI=1S/C14H20N4/c1-16-6-8-17(9-7-16)10-11-18-12-15-13-4-2-3-5-14(13)18/h2-5,12H,6-11H2,1H3. The van der Waals surface area contributed by atoms with E-state index in [1.165, 1.54) is 31.7 Å². The van der Waals surface area contributed by atoms with E-state index >= 15 is 0 Å². The fourth-order valence-electron chi connectivity index (χ4n) is 2.51. The maximum Gasteiger partial charge on any atom is 0.0958 e. The van der Waals surface area contributed by atoms with Gasteiger partial charge in [-0.15, -0.1) is 0 Å². The highest BCUT2D eigenvalue weighted by atomic mass is 15.3. The van der Waals surface area contributed by atoms with Crippen LogP contribution in [0, 0.1) is 0 Å². The molecule has 0 aliphatic carbocycles. The highest BCUT2D eigenvalue weighted by Crippen LogP contribution is 2.11. The van der Waals surface area contributed by atoms with Crippen molar-refractivity contribution in [3.05, 3.63) is 30.6 Å². The van der Waals surface area contributed by atoms with Gasteiger partial charge in [-0.05, 0) is 19.2 Å². The second kappa shape index (κ2) is 5.08. The first-order valence-electron chi connectivity index (χ1n) is 6.64. The minimum atomic E-state index is 1.03. The van der Waals surface area contributed by atoms with Crippen LogP contribution in [-0.2, 0) is 6.54 Å². The SMILES string of the molecule is CN1CCN(CCn2cnc3ccccc32)CC1. The lowest BCUT2D eigenvalue weighted by molar-refractivity contribution is 0.150. The number of imidazole rings is 1. The fraction of sp³-hybridized carbons (Fsp3) is 0.500. The van der Waals surface area contributed by atoms with E-state index in [4.69, 9.17) is 0 Å². The Kier molecular flexibility index (Phi) is 3.30. The van der Waals surface area contributed by atoms with Crippen LogP contribution in [0.25, 0.3) is 11.0 Å². The zero-order valence-corrected chi connectivity index (χ0v) is 10.9. The van der Waals surface area contributed by atoms with E-state index in [2.05, 4.69) is 44.6 Å². The van der Waals surface area contributed by atoms with Gasteiger partial charge in [-0.2, -0.15) is 0 Å². The predicted molar refractivity (Wildman–Crippen MR) is 73.7 cm³/mol. The van der Waals surface area contributed by atoms with E-state index in [1.807, 2.05) is 12.4 Å². The number of fused-ring (bicyclic) bond motifs is 1. The first-order chi connectivity index (χ1) is 8.83. The van der Waals surface area contributed by atoms with Crippen LogP contribution >= 0.6 is 0 Å². The summed E-state index contributed by atoms with van der Waals surface area (Å²) >= 11 is 0. The molecular weight excluding hydrogens is 224 g/mol. The largest absolute Gasteiger partial charge is 0.329 e. The molecule has 1 aliphatic heterocycles. The van der Waals surface area contributed by atoms with Crippen molar-refractivity contribution in [3.8, 4) is 0 Å². The molecule has 2 aromatic rings. The van der Waals surface area contributed by atoms with Gasteiger partial charge in [0, 0.05) is 39.3 Å². The zero-order valence-electron chi connectivity index (χ0n) is 10.9. The molecule has 1 fully saturated rings. The summed E-state index contributed by atoms with van der Waals surface area (Å²) in [5.41, 5.74) is 2.34. The third-order valence-electron chi connectivity index (χ3n) is 3.78. The summed E-state index contributed by atoms with van der Waals surface area (Å²) in [6.07, 6.45) is 1.96. The van der Waals surface area contributed by atoms with Crippen molar-refractivity contribution in [2.45, 2.75) is 6.54 Å². The topological polar surface area (TPSA) is 24.3 Å². The summed E-state index contributed by atoms with van der Waals surface area (Å²) in [6.45, 7) is 6.89. The number of piperazine rings is 1. The molecule has 1 aliphatic rings. The van der Waals surface area contributed by atoms with Crippen LogP contribution in [0.1, 0.15) is 0 Å². The third-order valence-corrected chi connectivity index (χ3v) is 3.78. The van der Waals surface area contributed by atoms with Gasteiger partial charge in [0.2, 0.25) is 0 Å². The van der Waals surface area contributed by atoms with Gasteiger partial charge in [-0.25, -0.2) is 4.98 Å². The molecule has 1 saturated heterocycles. The number of para-hydroxylation sites is 2. The lowest BCUT2D eigenvalue weighted by Gasteiger charge is -2.32. The molecule has 0 N–H and O–H groups in total. The molecule has 3 rings (SSSR count). The van der Waals surface area contributed by atoms with Crippen molar-refractivity contribution in [2.24, 2.45) is 0 Å². The van der Waals surface area contributed by atoms with E-state index in [1.54, 1.807) is 0 Å². The van der Waals surface area contributed by atoms with E-state index in [0.717, 1.165) is 18.6 Å². The first-order valence-corrected chi connectivity index (χ1v) is 6.64. The van der Waals surface area contributed by atoms with Crippen LogP contribution in [-0.4, -0.2) is 59.1 Å². The van der Waals surface area contributed by atoms with Crippen molar-refractivity contribution in [1.82, 2.24) is 19.4 Å². The molecular formula is C14H20N4. The van der Waals surface area contributed by atoms with Gasteiger partial charge in [0.1, 0.15) is 0 Å². The van der Waals surface area contributed by atoms with Gasteiger partial charge in [0.05, 0.1) is 17.4 Å². The highest BCUT2D eigenvalue weighted by Gasteiger charge is 2.13. The van der Waals surface area contributed by atoms with Crippen LogP contribution in [0.2, 0.25) is 0 Å². The average molecular weight is 244 g/mol. The molecule has 0 unspecified atom stereocenters. The number of rotatable bonds is 3. The number of benzene rings is 1. The molecule has 0 atom stereocenters. The minimum Gasteiger partial charge on any atom is -0.329 e. The molecule has 4 heteroatoms. The lowest BCUT2D eigenvalue weighted by atomic mass is 10.3. The molecule has 0 spiro atoms. The molecule has 0 radical (unpaired) electrons. The quantitative estimate of drug-likeness (QED) is 0.813. The Morgan fingerprint density at radius 3 is 2.67 bits per heavy atom. The number of likely N-dealkylation sites (N-methyl/N-ethyl adjacent to an activating group) is 1. The zero-order chi connectivity index (χ0) is 12.4. The number of aromatic nitrogens is 2. The molecule has 4 nitrogen and oxygen atoms in total. The van der Waals surface area contributed by atoms with E-state index in [9.17, 15) is 0 Å². The number of hydrogen-bond acceptors (Lipinski definition) is 3. The van der Waals surface area contributed by atoms with E-state index < -0.39 is 0 Å². The van der Waals surface area contributed by atoms with Gasteiger partial charge < -0.3 is 9.47 Å². The highest BCUT2D eigenvalue weighted by molar-refractivity contribution is 5.74. The second-order valence-corrected chi connectivity index (χ2v) is 5.07. The maximum atomic E-state index is 4.43. The van der Waals surface area contributed by atoms with Gasteiger partial charge in [0.25, 0.3) is 0 Å². The van der Waals surface area contributed by atoms with E-state index in [0.29, 0.717) is 0 Å². The van der Waals surface area contributed by atoms with Crippen molar-refractivity contribution in [2.75, 3.05) is 39.8 Å². The number of hydrogen-bond donors (Lipinski definition) is 0. The molecule has 0 saturated carbocycles. The average Bonchev–Trinajstić information content (AvgIpc) is 2.82. The van der Waals surface area contributed by atoms with Gasteiger partial charge in [0.15, 0.2) is 0 Å². The maximum absolute atomic E-state index is 4.43. The summed E-state index contributed by atoms with van der Waals surface area (Å²) < 4.78 is 2.26. The molecule has 96 valence electrons. The van der Waals surface area contributed by atoms with Crippen molar-refractivity contribution >= 4 is 11.0 Å². The smallest absolute Gasteiger partial charge is 0.0958 e. The summed E-state index contributed by atoms with van der Waals surface area (Å²) in [4.78, 5) is 9.36. The third kappa shape index (κ3) is 2.40. The summed E-state index contributed by atoms with van der Waals surface area (Å²) in [5, 5.41) is 0. The van der Waals surface area contributed by atoms with Gasteiger partial charge in [-0.3, -0.25) is 4.90 Å². The Morgan fingerprint density at radius 1 is 1.06 bits per heavy atom. The number of nitrogens with zero attached hydrogens (tertiary/aromatic N) is 4. The molecule has 0 bridgehead atoms. The van der Waals surface area contributed by atoms with Crippen molar-refractivity contribution < 1.29 is 0 Å². The molecule has 18 heavy (non-hydrogen) atoms. The summed E-state index contributed by atoms with van der Waals surface area (Å²) in [7, 11) is 2.20. The Hall–Kier alpha value is -1.39. The van der Waals surface area contributed by atoms with E-state index in [-0.39, 0.29) is 0 Å². The van der Waals surface area contributed by atoms with Crippen molar-refractivity contribution in [3.63, 3.8) is 0 Å². The lowest BCUT2D eigenvalue weighted by Crippen LogP contribution is -2.45. The molecule has 0 amide bonds. The van der Waals surface area contributed by atoms with Crippen LogP contribution in [0.15, 0.2) is 30.6 Å². The van der Waals surface area contributed by atoms with Crippen LogP contribution in [0.5, 0.6) is 0 Å². The van der Waals surface area contributed by atoms with Crippen LogP contribution in [0.4, 0.5) is 0 Å². The Labute approximate surface area is 108 Å². The van der Waals surface area contributed by atoms with Crippen LogP contribution in [0.3, 0.4) is 0 Å². The van der Waals surface area contributed by atoms with Gasteiger partial charge >= 0.3 is 0 Å². The monoisotopic (exact) mass is 244 g/mol. The normalized spacial score (nSPS) is 18.5. The molecule has 2 heterocycles. The summed E-state index contributed by atoms with van der Waals surface area (Å²) in [5.74, 6) is 0. The Morgan fingerprint density at radius 2 is 1.83 bits per heavy atom. The Bertz CT molecular complexity index is 511.